The quantitative estimate of drug-likeness (QED) is 0.0190. The third-order valence-corrected chi connectivity index (χ3v) is 24.2. The fraction of sp³-hybridized carbons (Fsp3) is 0.561. The van der Waals surface area contributed by atoms with Gasteiger partial charge in [0.1, 0.15) is 36.1 Å². The lowest BCUT2D eigenvalue weighted by Crippen LogP contribution is -2.82. The Balaban J connectivity index is 0.767. The van der Waals surface area contributed by atoms with Gasteiger partial charge in [0.15, 0.2) is 23.6 Å². The van der Waals surface area contributed by atoms with Gasteiger partial charge in [0, 0.05) is 57.2 Å². The highest BCUT2D eigenvalue weighted by atomic mass is 16.6. The zero-order valence-electron chi connectivity index (χ0n) is 61.0. The minimum absolute atomic E-state index is 0.0179. The summed E-state index contributed by atoms with van der Waals surface area (Å²) in [5.41, 5.74) is -4.69. The van der Waals surface area contributed by atoms with E-state index in [1.54, 1.807) is 92.7 Å². The molecule has 11 rings (SSSR count). The minimum Gasteiger partial charge on any atom is -0.456 e. The van der Waals surface area contributed by atoms with E-state index < -0.39 is 144 Å². The summed E-state index contributed by atoms with van der Waals surface area (Å²) in [5.74, 6) is -5.53. The van der Waals surface area contributed by atoms with Crippen molar-refractivity contribution in [3.63, 3.8) is 0 Å². The Hall–Kier alpha value is -8.28. The second-order valence-electron chi connectivity index (χ2n) is 31.1. The van der Waals surface area contributed by atoms with Crippen LogP contribution in [0.25, 0.3) is 0 Å². The number of alkyl carbamates (subject to hydrolysis) is 2. The number of nitrogens with one attached hydrogen (secondary N) is 3. The van der Waals surface area contributed by atoms with Crippen LogP contribution in [-0.4, -0.2) is 154 Å². The van der Waals surface area contributed by atoms with Gasteiger partial charge in [-0.1, -0.05) is 144 Å². The van der Waals surface area contributed by atoms with E-state index in [1.807, 2.05) is 6.08 Å². The summed E-state index contributed by atoms with van der Waals surface area (Å²) in [4.78, 5) is 115. The molecule has 14 unspecified atom stereocenters. The maximum Gasteiger partial charge on any atom is 0.407 e. The third kappa shape index (κ3) is 15.7. The average Bonchev–Trinajstić information content (AvgIpc) is 0.735. The summed E-state index contributed by atoms with van der Waals surface area (Å²) >= 11 is 0. The molecule has 1 aliphatic heterocycles. The number of allylic oxidation sites excluding steroid dienone is 4. The largest absolute Gasteiger partial charge is 0.456 e. The van der Waals surface area contributed by atoms with Crippen molar-refractivity contribution >= 4 is 47.8 Å². The van der Waals surface area contributed by atoms with Gasteiger partial charge in [-0.15, -0.1) is 0 Å². The molecule has 0 aromatic heterocycles. The molecule has 8 aliphatic rings. The fourth-order valence-corrected chi connectivity index (χ4v) is 18.4. The maximum atomic E-state index is 16.5. The molecule has 0 radical (unpaired) electrons. The Morgan fingerprint density at radius 3 is 1.99 bits per heavy atom. The Labute approximate surface area is 608 Å². The summed E-state index contributed by atoms with van der Waals surface area (Å²) in [6.07, 6.45) is 4.62. The number of aliphatic hydroxyl groups excluding tert-OH is 3. The van der Waals surface area contributed by atoms with E-state index in [2.05, 4.69) is 54.6 Å². The number of hydrogen-bond donors (Lipinski definition) is 7. The zero-order chi connectivity index (χ0) is 74.6. The number of esters is 4. The first-order valence-electron chi connectivity index (χ1n) is 37.1. The lowest BCUT2D eigenvalue weighted by molar-refractivity contribution is -0.345. The van der Waals surface area contributed by atoms with Crippen molar-refractivity contribution in [1.82, 2.24) is 16.0 Å². The molecule has 22 heteroatoms. The van der Waals surface area contributed by atoms with Crippen LogP contribution < -0.4 is 16.0 Å². The second-order valence-corrected chi connectivity index (χ2v) is 31.1. The SMILES string of the molecule is C=C1/C(=C\C=C2/CCC[C@@]3(C)C2CCC3[C@@H](C)/C=C/C(O)C2CC2)C[C@@H](O)C[C@@H]1OC(=O)NCCCCCCNC(=O)OC1CC2OCC2(OC(C)=O)C2C(OC(=O)c3ccccc3)C3(O)CC(OC(=O)C(O)C(NC(=O)c4ccccc4)c4ccccc4)C(C)=C(C(OC(C)=O)C(=O)C12C)C3(C)C. The van der Waals surface area contributed by atoms with Crippen molar-refractivity contribution in [2.24, 2.45) is 45.8 Å². The number of fused-ring (bicyclic) bond motifs is 6. The topological polar surface area (TPSA) is 318 Å². The van der Waals surface area contributed by atoms with E-state index in [-0.39, 0.29) is 59.7 Å². The van der Waals surface area contributed by atoms with Crippen LogP contribution in [-0.2, 0) is 52.3 Å². The summed E-state index contributed by atoms with van der Waals surface area (Å²) in [6.45, 7) is 17.3. The monoisotopic (exact) mass is 1430 g/mol. The predicted octanol–water partition coefficient (Wildman–Crippen LogP) is 10.9. The highest BCUT2D eigenvalue weighted by molar-refractivity contribution is 5.96. The van der Waals surface area contributed by atoms with E-state index in [1.165, 1.54) is 31.6 Å². The fourth-order valence-electron chi connectivity index (χ4n) is 18.4. The Morgan fingerprint density at radius 1 is 0.740 bits per heavy atom. The number of rotatable bonds is 24. The Kier molecular flexibility index (Phi) is 23.5. The second kappa shape index (κ2) is 31.8. The average molecular weight is 1430 g/mol. The highest BCUT2D eigenvalue weighted by Crippen LogP contribution is 2.66. The molecule has 3 amide bonds. The lowest BCUT2D eigenvalue weighted by Gasteiger charge is -2.67. The van der Waals surface area contributed by atoms with Gasteiger partial charge in [-0.3, -0.25) is 19.2 Å². The van der Waals surface area contributed by atoms with Crippen molar-refractivity contribution in [2.45, 2.75) is 224 Å². The van der Waals surface area contributed by atoms with Crippen LogP contribution in [0.3, 0.4) is 0 Å². The Morgan fingerprint density at radius 2 is 1.38 bits per heavy atom. The smallest absolute Gasteiger partial charge is 0.407 e. The Bertz CT molecular complexity index is 3830. The molecule has 22 nitrogen and oxygen atoms in total. The molecule has 1 heterocycles. The number of ketones is 1. The first-order valence-corrected chi connectivity index (χ1v) is 37.1. The van der Waals surface area contributed by atoms with Crippen LogP contribution in [0.4, 0.5) is 9.59 Å². The van der Waals surface area contributed by atoms with Crippen LogP contribution >= 0.6 is 0 Å². The molecule has 2 bridgehead atoms. The van der Waals surface area contributed by atoms with Crippen LogP contribution in [0.2, 0.25) is 0 Å². The van der Waals surface area contributed by atoms with Gasteiger partial charge in [0.2, 0.25) is 0 Å². The maximum absolute atomic E-state index is 16.5. The molecule has 6 saturated carbocycles. The molecule has 7 fully saturated rings. The molecule has 18 atom stereocenters. The predicted molar refractivity (Wildman–Crippen MR) is 382 cm³/mol. The standard InChI is InChI=1S/C82H103N3O19/c1-47(31-38-61(89)53-33-34-53)59-36-37-60-52(30-23-39-79(59,60)8)32-35-57-42-58(88)43-62(48(57)2)101-76(95)83-40-21-10-11-22-41-84-77(96)102-64-44-65-81(46-98-65,104-51(5)87)70-72(103-74(93)56-28-19-14-20-29-56)82(97)45-63(49(3)66(78(82,6)7)69(99-50(4)86)71(91)80(64,70)9)100-75(94)68(90)67(54-24-15-12-16-25-54)85-73(92)55-26-17-13-18-27-55/h12-20,24-29,31-32,35,38,47,53,58-65,67-70,72,88-90,97H,2,10-11,21-23,30,33-34,36-37,39-46H2,1,3-9H3,(H,83,95)(H,84,96)(H,85,92)/b38-31+,52-32+,57-35-/t47-,58+,59?,60?,61?,62-,63?,64?,65?,67?,68?,69?,70?,72?,79+,80?,81?,82?/m0/s1. The molecule has 560 valence electrons. The number of ether oxygens (including phenoxy) is 7. The molecule has 3 aromatic carbocycles. The summed E-state index contributed by atoms with van der Waals surface area (Å²) < 4.78 is 43.7. The molecule has 3 aromatic rings. The number of carbonyl (C=O) groups excluding carboxylic acids is 8. The summed E-state index contributed by atoms with van der Waals surface area (Å²) in [5, 5.41) is 56.2. The van der Waals surface area contributed by atoms with Gasteiger partial charge in [-0.05, 0) is 159 Å². The van der Waals surface area contributed by atoms with Gasteiger partial charge < -0.3 is 69.5 Å². The van der Waals surface area contributed by atoms with Gasteiger partial charge in [-0.2, -0.15) is 0 Å². The van der Waals surface area contributed by atoms with Gasteiger partial charge >= 0.3 is 36.1 Å². The number of hydrogen-bond acceptors (Lipinski definition) is 19. The summed E-state index contributed by atoms with van der Waals surface area (Å²) in [7, 11) is 0. The molecule has 0 spiro atoms. The molecule has 1 saturated heterocycles. The van der Waals surface area contributed by atoms with Crippen molar-refractivity contribution in [3.05, 3.63) is 166 Å². The van der Waals surface area contributed by atoms with E-state index in [4.69, 9.17) is 33.2 Å². The normalized spacial score (nSPS) is 32.5. The molecule has 7 N–H and O–H groups in total. The highest BCUT2D eigenvalue weighted by Gasteiger charge is 2.79. The minimum atomic E-state index is -2.52. The number of unbranched alkanes of at least 4 members (excludes halogenated alkanes) is 3. The number of benzene rings is 3. The van der Waals surface area contributed by atoms with Crippen molar-refractivity contribution in [2.75, 3.05) is 19.7 Å². The number of amides is 3. The van der Waals surface area contributed by atoms with E-state index in [0.29, 0.717) is 66.9 Å². The zero-order valence-corrected chi connectivity index (χ0v) is 61.0. The van der Waals surface area contributed by atoms with Crippen LogP contribution in [0, 0.1) is 45.8 Å². The molecule has 7 aliphatic carbocycles. The molecular weight excluding hydrogens is 1330 g/mol. The van der Waals surface area contributed by atoms with Crippen molar-refractivity contribution < 1.29 is 91.9 Å². The van der Waals surface area contributed by atoms with Crippen molar-refractivity contribution in [3.8, 4) is 0 Å². The lowest BCUT2D eigenvalue weighted by atomic mass is 9.44. The number of Topliss-reactive ketones (excluding diaryl/α,β-unsaturated/α-hetero) is 1. The first-order chi connectivity index (χ1) is 49.5. The van der Waals surface area contributed by atoms with Gasteiger partial charge in [-0.25, -0.2) is 19.2 Å². The van der Waals surface area contributed by atoms with E-state index in [9.17, 15) is 54.0 Å². The van der Waals surface area contributed by atoms with Crippen LogP contribution in [0.5, 0.6) is 0 Å². The van der Waals surface area contributed by atoms with Crippen LogP contribution in [0.15, 0.2) is 150 Å². The number of aliphatic hydroxyl groups is 4. The first kappa shape index (κ1) is 76.8. The molecular formula is C82H103N3O19. The molecule has 104 heavy (non-hydrogen) atoms. The van der Waals surface area contributed by atoms with E-state index >= 15 is 4.79 Å². The van der Waals surface area contributed by atoms with Gasteiger partial charge in [0.05, 0.1) is 41.8 Å². The number of carbonyl (C=O) groups is 8. The van der Waals surface area contributed by atoms with Crippen LogP contribution in [0.1, 0.15) is 184 Å². The summed E-state index contributed by atoms with van der Waals surface area (Å²) in [6, 6.07) is 22.8. The van der Waals surface area contributed by atoms with Gasteiger partial charge in [0.25, 0.3) is 5.91 Å². The third-order valence-electron chi connectivity index (χ3n) is 24.2. The van der Waals surface area contributed by atoms with E-state index in [0.717, 1.165) is 64.4 Å². The van der Waals surface area contributed by atoms with Crippen molar-refractivity contribution in [1.29, 1.82) is 0 Å².